The average Bonchev–Trinajstić information content (AvgIpc) is 2.73. The zero-order valence-electron chi connectivity index (χ0n) is 16.1. The van der Waals surface area contributed by atoms with Gasteiger partial charge in [-0.25, -0.2) is 8.78 Å². The van der Waals surface area contributed by atoms with Crippen LogP contribution in [0.5, 0.6) is 0 Å². The Kier molecular flexibility index (Phi) is 6.08. The second-order valence-corrected chi connectivity index (χ2v) is 7.46. The number of para-hydroxylation sites is 1. The van der Waals surface area contributed by atoms with Crippen LogP contribution in [-0.2, 0) is 13.1 Å². The number of aliphatic hydroxyl groups excluding tert-OH is 1. The number of aliphatic hydroxyl groups is 1. The molecule has 0 unspecified atom stereocenters. The summed E-state index contributed by atoms with van der Waals surface area (Å²) in [4.78, 5) is 13.4. The first-order chi connectivity index (χ1) is 14.1. The van der Waals surface area contributed by atoms with Crippen LogP contribution in [0.4, 0.5) is 8.78 Å². The summed E-state index contributed by atoms with van der Waals surface area (Å²) in [6.45, 7) is 3.82. The van der Waals surface area contributed by atoms with Crippen LogP contribution in [0.2, 0.25) is 0 Å². The monoisotopic (exact) mass is 398 g/mol. The topological polar surface area (TPSA) is 52.5 Å². The lowest BCUT2D eigenvalue weighted by Gasteiger charge is -2.41. The van der Waals surface area contributed by atoms with E-state index in [2.05, 4.69) is 25.8 Å². The van der Waals surface area contributed by atoms with E-state index in [9.17, 15) is 13.9 Å². The summed E-state index contributed by atoms with van der Waals surface area (Å²) in [5, 5.41) is 9.53. The van der Waals surface area contributed by atoms with Gasteiger partial charge in [0.25, 0.3) is 0 Å². The summed E-state index contributed by atoms with van der Waals surface area (Å²) in [5.74, 6) is -1.65. The smallest absolute Gasteiger partial charge is 0.159 e. The van der Waals surface area contributed by atoms with Gasteiger partial charge in [0.15, 0.2) is 11.6 Å². The van der Waals surface area contributed by atoms with Crippen molar-refractivity contribution in [2.24, 2.45) is 0 Å². The Morgan fingerprint density at radius 3 is 2.69 bits per heavy atom. The summed E-state index contributed by atoms with van der Waals surface area (Å²) in [6, 6.07) is 10.2. The van der Waals surface area contributed by atoms with Gasteiger partial charge in [0.05, 0.1) is 11.0 Å². The largest absolute Gasteiger partial charge is 0.396 e. The molecule has 0 bridgehead atoms. The zero-order valence-corrected chi connectivity index (χ0v) is 16.1. The Labute approximate surface area is 168 Å². The van der Waals surface area contributed by atoms with Crippen LogP contribution in [0.3, 0.4) is 0 Å². The van der Waals surface area contributed by atoms with Gasteiger partial charge < -0.3 is 5.11 Å². The number of rotatable bonds is 6. The third kappa shape index (κ3) is 4.58. The van der Waals surface area contributed by atoms with Crippen LogP contribution in [0.25, 0.3) is 11.0 Å². The van der Waals surface area contributed by atoms with Crippen LogP contribution >= 0.6 is 0 Å². The van der Waals surface area contributed by atoms with Gasteiger partial charge in [-0.1, -0.05) is 18.2 Å². The number of aromatic nitrogens is 2. The maximum absolute atomic E-state index is 13.6. The van der Waals surface area contributed by atoms with Gasteiger partial charge >= 0.3 is 0 Å². The van der Waals surface area contributed by atoms with Gasteiger partial charge in [-0.05, 0) is 35.7 Å². The Bertz CT molecular complexity index is 979. The SMILES string of the molecule is OCC[C@@H]1CN(Cc2cccc3nccnc23)CCN1Cc1ccc(F)c(F)c1. The van der Waals surface area contributed by atoms with Crippen LogP contribution < -0.4 is 0 Å². The van der Waals surface area contributed by atoms with Gasteiger partial charge in [0.1, 0.15) is 0 Å². The van der Waals surface area contributed by atoms with Gasteiger partial charge in [0, 0.05) is 57.8 Å². The van der Waals surface area contributed by atoms with Gasteiger partial charge in [0.2, 0.25) is 0 Å². The first kappa shape index (κ1) is 19.8. The highest BCUT2D eigenvalue weighted by molar-refractivity contribution is 5.77. The predicted octanol–water partition coefficient (Wildman–Crippen LogP) is 2.98. The molecule has 0 aliphatic carbocycles. The van der Waals surface area contributed by atoms with Crippen molar-refractivity contribution >= 4 is 11.0 Å². The Morgan fingerprint density at radius 2 is 1.86 bits per heavy atom. The quantitative estimate of drug-likeness (QED) is 0.692. The lowest BCUT2D eigenvalue weighted by Crippen LogP contribution is -2.52. The summed E-state index contributed by atoms with van der Waals surface area (Å²) in [6.07, 6.45) is 4.04. The highest BCUT2D eigenvalue weighted by atomic mass is 19.2. The number of nitrogens with zero attached hydrogens (tertiary/aromatic N) is 4. The minimum absolute atomic E-state index is 0.0898. The van der Waals surface area contributed by atoms with Crippen molar-refractivity contribution in [2.45, 2.75) is 25.6 Å². The summed E-state index contributed by atoms with van der Waals surface area (Å²) < 4.78 is 26.8. The van der Waals surface area contributed by atoms with Gasteiger partial charge in [-0.15, -0.1) is 0 Å². The van der Waals surface area contributed by atoms with E-state index >= 15 is 0 Å². The van der Waals surface area contributed by atoms with Crippen molar-refractivity contribution in [2.75, 3.05) is 26.2 Å². The molecule has 152 valence electrons. The summed E-state index contributed by atoms with van der Waals surface area (Å²) in [7, 11) is 0. The lowest BCUT2D eigenvalue weighted by atomic mass is 10.1. The van der Waals surface area contributed by atoms with Crippen LogP contribution in [0, 0.1) is 11.6 Å². The van der Waals surface area contributed by atoms with Crippen molar-refractivity contribution in [1.82, 2.24) is 19.8 Å². The molecule has 29 heavy (non-hydrogen) atoms. The van der Waals surface area contributed by atoms with E-state index < -0.39 is 11.6 Å². The Balaban J connectivity index is 1.46. The maximum atomic E-state index is 13.6. The molecule has 5 nitrogen and oxygen atoms in total. The number of halogens is 2. The van der Waals surface area contributed by atoms with Crippen molar-refractivity contribution in [1.29, 1.82) is 0 Å². The summed E-state index contributed by atoms with van der Waals surface area (Å²) >= 11 is 0. The van der Waals surface area contributed by atoms with E-state index in [0.29, 0.717) is 13.0 Å². The molecule has 4 rings (SSSR count). The third-order valence-electron chi connectivity index (χ3n) is 5.50. The number of benzene rings is 2. The minimum Gasteiger partial charge on any atom is -0.396 e. The van der Waals surface area contributed by atoms with Gasteiger partial charge in [-0.2, -0.15) is 0 Å². The normalized spacial score (nSPS) is 18.4. The standard InChI is InChI=1S/C22H24F2N4O/c23-19-5-4-16(12-20(19)24)13-28-10-9-27(15-18(28)6-11-29)14-17-2-1-3-21-22(17)26-8-7-25-21/h1-5,7-8,12,18,29H,6,9-11,13-15H2/t18-/m1/s1. The molecule has 3 aromatic rings. The molecular weight excluding hydrogens is 374 g/mol. The molecular formula is C22H24F2N4O. The second kappa shape index (κ2) is 8.90. The molecule has 2 heterocycles. The molecule has 0 radical (unpaired) electrons. The van der Waals surface area contributed by atoms with Gasteiger partial charge in [-0.3, -0.25) is 19.8 Å². The van der Waals surface area contributed by atoms with E-state index in [4.69, 9.17) is 0 Å². The maximum Gasteiger partial charge on any atom is 0.159 e. The molecule has 7 heteroatoms. The molecule has 1 N–H and O–H groups in total. The Morgan fingerprint density at radius 1 is 1.00 bits per heavy atom. The Hall–Kier alpha value is -2.48. The van der Waals surface area contributed by atoms with E-state index in [-0.39, 0.29) is 12.6 Å². The minimum atomic E-state index is -0.830. The van der Waals surface area contributed by atoms with Crippen molar-refractivity contribution < 1.29 is 13.9 Å². The zero-order chi connectivity index (χ0) is 20.2. The van der Waals surface area contributed by atoms with E-state index in [1.807, 2.05) is 12.1 Å². The number of hydrogen-bond acceptors (Lipinski definition) is 5. The van der Waals surface area contributed by atoms with Crippen LogP contribution in [0.15, 0.2) is 48.8 Å². The summed E-state index contributed by atoms with van der Waals surface area (Å²) in [5.41, 5.74) is 3.67. The second-order valence-electron chi connectivity index (χ2n) is 7.46. The molecule has 1 saturated heterocycles. The van der Waals surface area contributed by atoms with E-state index in [1.165, 1.54) is 12.1 Å². The first-order valence-corrected chi connectivity index (χ1v) is 9.84. The average molecular weight is 398 g/mol. The molecule has 1 aliphatic rings. The highest BCUT2D eigenvalue weighted by Gasteiger charge is 2.27. The van der Waals surface area contributed by atoms with Crippen molar-refractivity contribution in [3.63, 3.8) is 0 Å². The van der Waals surface area contributed by atoms with Crippen molar-refractivity contribution in [3.8, 4) is 0 Å². The molecule has 1 fully saturated rings. The molecule has 0 spiro atoms. The molecule has 1 aromatic heterocycles. The van der Waals surface area contributed by atoms with E-state index in [0.717, 1.165) is 48.3 Å². The first-order valence-electron chi connectivity index (χ1n) is 9.84. The highest BCUT2D eigenvalue weighted by Crippen LogP contribution is 2.21. The molecule has 0 saturated carbocycles. The fourth-order valence-electron chi connectivity index (χ4n) is 4.03. The van der Waals surface area contributed by atoms with Crippen LogP contribution in [0.1, 0.15) is 17.5 Å². The fraction of sp³-hybridized carbons (Fsp3) is 0.364. The van der Waals surface area contributed by atoms with Crippen LogP contribution in [-0.4, -0.2) is 57.2 Å². The lowest BCUT2D eigenvalue weighted by molar-refractivity contribution is 0.0501. The molecule has 1 atom stereocenters. The third-order valence-corrected chi connectivity index (χ3v) is 5.50. The number of piperazine rings is 1. The predicted molar refractivity (Wildman–Crippen MR) is 107 cm³/mol. The molecule has 2 aromatic carbocycles. The van der Waals surface area contributed by atoms with Crippen molar-refractivity contribution in [3.05, 3.63) is 71.6 Å². The number of fused-ring (bicyclic) bond motifs is 1. The fourth-order valence-corrected chi connectivity index (χ4v) is 4.03. The number of hydrogen-bond donors (Lipinski definition) is 1. The molecule has 0 amide bonds. The van der Waals surface area contributed by atoms with E-state index in [1.54, 1.807) is 18.5 Å². The molecule has 1 aliphatic heterocycles.